The van der Waals surface area contributed by atoms with E-state index in [1.807, 2.05) is 59.9 Å². The molecule has 1 aromatic carbocycles. The van der Waals surface area contributed by atoms with Gasteiger partial charge in [0, 0.05) is 24.1 Å². The van der Waals surface area contributed by atoms with Crippen molar-refractivity contribution in [2.24, 2.45) is 0 Å². The number of nitrogens with zero attached hydrogens (tertiary/aromatic N) is 1. The lowest BCUT2D eigenvalue weighted by atomic mass is 10.1. The molecular weight excluding hydrogens is 304 g/mol. The van der Waals surface area contributed by atoms with Crippen LogP contribution in [0.4, 0.5) is 5.69 Å². The minimum atomic E-state index is 0. The quantitative estimate of drug-likeness (QED) is 0.551. The molecule has 0 aliphatic carbocycles. The third kappa shape index (κ3) is 13.2. The van der Waals surface area contributed by atoms with Crippen molar-refractivity contribution in [1.82, 2.24) is 4.98 Å². The van der Waals surface area contributed by atoms with Gasteiger partial charge in [0.15, 0.2) is 0 Å². The van der Waals surface area contributed by atoms with Crippen LogP contribution in [0.5, 0.6) is 0 Å². The smallest absolute Gasteiger partial charge is 0.0404 e. The molecule has 1 N–H and O–H groups in total. The third-order valence-electron chi connectivity index (χ3n) is 3.05. The van der Waals surface area contributed by atoms with Crippen molar-refractivity contribution in [3.8, 4) is 0 Å². The lowest BCUT2D eigenvalue weighted by Crippen LogP contribution is -2.05. The molecule has 0 radical (unpaired) electrons. The Kier molecular flexibility index (Phi) is 24.8. The van der Waals surface area contributed by atoms with Crippen LogP contribution in [0.2, 0.25) is 0 Å². The van der Waals surface area contributed by atoms with E-state index in [0.717, 1.165) is 25.8 Å². The minimum Gasteiger partial charge on any atom is -0.385 e. The molecule has 144 valence electrons. The van der Waals surface area contributed by atoms with E-state index in [4.69, 9.17) is 0 Å². The molecule has 0 bridgehead atoms. The van der Waals surface area contributed by atoms with Crippen LogP contribution in [0.25, 0.3) is 0 Å². The van der Waals surface area contributed by atoms with Gasteiger partial charge in [-0.05, 0) is 43.0 Å². The molecule has 2 heteroatoms. The lowest BCUT2D eigenvalue weighted by Gasteiger charge is -2.10. The number of nitrogens with one attached hydrogen (secondary N) is 1. The zero-order chi connectivity index (χ0) is 18.6. The first kappa shape index (κ1) is 28.0. The van der Waals surface area contributed by atoms with Gasteiger partial charge < -0.3 is 5.32 Å². The molecule has 0 unspecified atom stereocenters. The van der Waals surface area contributed by atoms with E-state index in [-0.39, 0.29) is 7.43 Å². The Bertz CT molecular complexity index is 467. The SMILES string of the molecule is C.CC.CC.CC.CCc1ccccc1NCCCc1ccccn1. The molecule has 0 spiro atoms. The molecule has 2 nitrogen and oxygen atoms in total. The first-order valence-electron chi connectivity index (χ1n) is 9.62. The van der Waals surface area contributed by atoms with E-state index in [2.05, 4.69) is 47.6 Å². The van der Waals surface area contributed by atoms with Crippen LogP contribution < -0.4 is 5.32 Å². The first-order valence-corrected chi connectivity index (χ1v) is 9.62. The van der Waals surface area contributed by atoms with Crippen LogP contribution >= 0.6 is 0 Å². The molecule has 25 heavy (non-hydrogen) atoms. The normalized spacial score (nSPS) is 8.12. The van der Waals surface area contributed by atoms with E-state index in [0.29, 0.717) is 0 Å². The highest BCUT2D eigenvalue weighted by atomic mass is 14.9. The summed E-state index contributed by atoms with van der Waals surface area (Å²) in [5, 5.41) is 3.51. The van der Waals surface area contributed by atoms with Crippen LogP contribution in [0.1, 0.15) is 73.6 Å². The number of rotatable bonds is 6. The number of aromatic nitrogens is 1. The van der Waals surface area contributed by atoms with Gasteiger partial charge in [0.05, 0.1) is 0 Å². The van der Waals surface area contributed by atoms with Crippen LogP contribution in [-0.2, 0) is 12.8 Å². The van der Waals surface area contributed by atoms with Gasteiger partial charge in [-0.2, -0.15) is 0 Å². The molecule has 0 atom stereocenters. The lowest BCUT2D eigenvalue weighted by molar-refractivity contribution is 0.835. The summed E-state index contributed by atoms with van der Waals surface area (Å²) in [5.41, 5.74) is 3.82. The van der Waals surface area contributed by atoms with Crippen LogP contribution in [0, 0.1) is 0 Å². The summed E-state index contributed by atoms with van der Waals surface area (Å²) in [6.45, 7) is 15.2. The average molecular weight is 347 g/mol. The molecule has 0 fully saturated rings. The third-order valence-corrected chi connectivity index (χ3v) is 3.05. The van der Waals surface area contributed by atoms with Crippen molar-refractivity contribution in [1.29, 1.82) is 0 Å². The fourth-order valence-corrected chi connectivity index (χ4v) is 2.04. The minimum absolute atomic E-state index is 0. The maximum atomic E-state index is 4.33. The fourth-order valence-electron chi connectivity index (χ4n) is 2.04. The van der Waals surface area contributed by atoms with E-state index in [9.17, 15) is 0 Å². The van der Waals surface area contributed by atoms with Crippen LogP contribution in [0.15, 0.2) is 48.7 Å². The maximum absolute atomic E-state index is 4.33. The van der Waals surface area contributed by atoms with Crippen molar-refractivity contribution in [2.75, 3.05) is 11.9 Å². The highest BCUT2D eigenvalue weighted by Crippen LogP contribution is 2.15. The van der Waals surface area contributed by atoms with Crippen LogP contribution in [0.3, 0.4) is 0 Å². The summed E-state index contributed by atoms with van der Waals surface area (Å²) in [6.07, 6.45) is 5.07. The fraction of sp³-hybridized carbons (Fsp3) is 0.522. The number of anilines is 1. The van der Waals surface area contributed by atoms with Crippen molar-refractivity contribution in [3.63, 3.8) is 0 Å². The molecular formula is C23H42N2. The second-order valence-corrected chi connectivity index (χ2v) is 4.36. The van der Waals surface area contributed by atoms with Gasteiger partial charge >= 0.3 is 0 Å². The van der Waals surface area contributed by atoms with E-state index in [1.54, 1.807) is 0 Å². The predicted molar refractivity (Wildman–Crippen MR) is 118 cm³/mol. The van der Waals surface area contributed by atoms with Crippen molar-refractivity contribution in [2.45, 2.75) is 75.2 Å². The molecule has 0 saturated heterocycles. The Morgan fingerprint density at radius 1 is 0.840 bits per heavy atom. The molecule has 2 aromatic rings. The summed E-state index contributed by atoms with van der Waals surface area (Å²) >= 11 is 0. The maximum Gasteiger partial charge on any atom is 0.0404 e. The van der Waals surface area contributed by atoms with Gasteiger partial charge in [-0.3, -0.25) is 4.98 Å². The first-order chi connectivity index (χ1) is 11.9. The van der Waals surface area contributed by atoms with E-state index in [1.165, 1.54) is 16.9 Å². The summed E-state index contributed by atoms with van der Waals surface area (Å²) in [7, 11) is 0. The molecule has 0 saturated carbocycles. The second-order valence-electron chi connectivity index (χ2n) is 4.36. The Hall–Kier alpha value is -1.83. The van der Waals surface area contributed by atoms with E-state index >= 15 is 0 Å². The zero-order valence-electron chi connectivity index (χ0n) is 16.9. The molecule has 1 aromatic heterocycles. The highest BCUT2D eigenvalue weighted by Gasteiger charge is 1.98. The van der Waals surface area contributed by atoms with Gasteiger partial charge in [-0.15, -0.1) is 0 Å². The molecule has 0 aliphatic heterocycles. The van der Waals surface area contributed by atoms with Gasteiger partial charge in [-0.25, -0.2) is 0 Å². The van der Waals surface area contributed by atoms with Gasteiger partial charge in [0.25, 0.3) is 0 Å². The van der Waals surface area contributed by atoms with E-state index < -0.39 is 0 Å². The van der Waals surface area contributed by atoms with Gasteiger partial charge in [0.2, 0.25) is 0 Å². The predicted octanol–water partition coefficient (Wildman–Crippen LogP) is 7.40. The van der Waals surface area contributed by atoms with Crippen molar-refractivity contribution >= 4 is 5.69 Å². The number of aryl methyl sites for hydroxylation is 2. The number of para-hydroxylation sites is 1. The summed E-state index contributed by atoms with van der Waals surface area (Å²) in [5.74, 6) is 0. The molecule has 0 amide bonds. The number of hydrogen-bond acceptors (Lipinski definition) is 2. The summed E-state index contributed by atoms with van der Waals surface area (Å²) in [4.78, 5) is 4.33. The number of benzene rings is 1. The Balaban J connectivity index is -0.000000626. The summed E-state index contributed by atoms with van der Waals surface area (Å²) in [6, 6.07) is 14.6. The van der Waals surface area contributed by atoms with Crippen LogP contribution in [-0.4, -0.2) is 11.5 Å². The largest absolute Gasteiger partial charge is 0.385 e. The Morgan fingerprint density at radius 3 is 2.00 bits per heavy atom. The van der Waals surface area contributed by atoms with Crippen molar-refractivity contribution < 1.29 is 0 Å². The number of hydrogen-bond donors (Lipinski definition) is 1. The van der Waals surface area contributed by atoms with Gasteiger partial charge in [0.1, 0.15) is 0 Å². The number of pyridine rings is 1. The second kappa shape index (κ2) is 22.2. The Labute approximate surface area is 158 Å². The summed E-state index contributed by atoms with van der Waals surface area (Å²) < 4.78 is 0. The zero-order valence-corrected chi connectivity index (χ0v) is 16.9. The standard InChI is InChI=1S/C16H20N2.3C2H6.CH4/c1-2-14-8-3-4-11-16(14)18-13-7-10-15-9-5-6-12-17-15;3*1-2;/h3-6,8-9,11-12,18H,2,7,10,13H2,1H3;3*1-2H3;1H4. The monoisotopic (exact) mass is 346 g/mol. The average Bonchev–Trinajstić information content (AvgIpc) is 2.71. The van der Waals surface area contributed by atoms with Gasteiger partial charge in [-0.1, -0.05) is 80.2 Å². The highest BCUT2D eigenvalue weighted by molar-refractivity contribution is 5.50. The topological polar surface area (TPSA) is 24.9 Å². The molecule has 0 aliphatic rings. The Morgan fingerprint density at radius 2 is 1.44 bits per heavy atom. The molecule has 1 heterocycles. The molecule has 2 rings (SSSR count). The van der Waals surface area contributed by atoms with Crippen molar-refractivity contribution in [3.05, 3.63) is 59.9 Å².